The predicted molar refractivity (Wildman–Crippen MR) is 108 cm³/mol. The molecule has 160 valence electrons. The lowest BCUT2D eigenvalue weighted by molar-refractivity contribution is -0.139. The molecule has 2 N–H and O–H groups in total. The van der Waals surface area contributed by atoms with Crippen LogP contribution in [0.4, 0.5) is 18.9 Å². The molecule has 0 saturated heterocycles. The van der Waals surface area contributed by atoms with Gasteiger partial charge in [0.25, 0.3) is 0 Å². The molecule has 1 heterocycles. The van der Waals surface area contributed by atoms with E-state index in [1.54, 1.807) is 16.7 Å². The first-order chi connectivity index (χ1) is 14.3. The van der Waals surface area contributed by atoms with Gasteiger partial charge in [0.1, 0.15) is 0 Å². The molecule has 5 nitrogen and oxygen atoms in total. The van der Waals surface area contributed by atoms with Crippen LogP contribution in [0.25, 0.3) is 0 Å². The average molecular weight is 438 g/mol. The summed E-state index contributed by atoms with van der Waals surface area (Å²) in [6.45, 7) is 0.179. The maximum atomic E-state index is 13.1. The van der Waals surface area contributed by atoms with Crippen LogP contribution in [0.5, 0.6) is 0 Å². The van der Waals surface area contributed by atoms with Crippen molar-refractivity contribution in [2.45, 2.75) is 30.0 Å². The molecular weight excluding hydrogens is 417 g/mol. The third-order valence-corrected chi connectivity index (χ3v) is 5.76. The van der Waals surface area contributed by atoms with Gasteiger partial charge < -0.3 is 15.3 Å². The Balaban J connectivity index is 1.52. The Morgan fingerprint density at radius 1 is 1.10 bits per heavy atom. The number of thioether (sulfide) groups is 1. The maximum Gasteiger partial charge on any atom is 0.416 e. The van der Waals surface area contributed by atoms with Crippen LogP contribution in [0.3, 0.4) is 0 Å². The van der Waals surface area contributed by atoms with Crippen molar-refractivity contribution in [2.75, 3.05) is 23.7 Å². The van der Waals surface area contributed by atoms with Crippen molar-refractivity contribution in [3.8, 4) is 0 Å². The number of amides is 2. The maximum absolute atomic E-state index is 13.1. The molecule has 9 heteroatoms. The van der Waals surface area contributed by atoms with Gasteiger partial charge in [0.2, 0.25) is 11.8 Å². The number of para-hydroxylation sites is 1. The first-order valence-electron chi connectivity index (χ1n) is 9.40. The van der Waals surface area contributed by atoms with Gasteiger partial charge in [-0.3, -0.25) is 9.59 Å². The van der Waals surface area contributed by atoms with E-state index < -0.39 is 23.8 Å². The van der Waals surface area contributed by atoms with Crippen LogP contribution in [0.15, 0.2) is 53.4 Å². The van der Waals surface area contributed by atoms with Crippen LogP contribution >= 0.6 is 11.8 Å². The van der Waals surface area contributed by atoms with Crippen LogP contribution in [-0.4, -0.2) is 35.8 Å². The fraction of sp³-hybridized carbons (Fsp3) is 0.333. The minimum Gasteiger partial charge on any atom is -0.387 e. The molecule has 0 aliphatic carbocycles. The molecule has 2 aromatic rings. The highest BCUT2D eigenvalue weighted by molar-refractivity contribution is 7.99. The summed E-state index contributed by atoms with van der Waals surface area (Å²) in [5, 5.41) is 12.5. The third kappa shape index (κ3) is 5.34. The second kappa shape index (κ2) is 9.53. The van der Waals surface area contributed by atoms with E-state index in [9.17, 15) is 27.9 Å². The monoisotopic (exact) mass is 438 g/mol. The topological polar surface area (TPSA) is 69.6 Å². The number of carbonyl (C=O) groups excluding carboxylic acids is 2. The molecule has 0 radical (unpaired) electrons. The fourth-order valence-electron chi connectivity index (χ4n) is 3.24. The summed E-state index contributed by atoms with van der Waals surface area (Å²) >= 11 is 1.67. The van der Waals surface area contributed by atoms with Crippen LogP contribution in [-0.2, 0) is 15.8 Å². The number of carbonyl (C=O) groups is 2. The number of nitrogens with zero attached hydrogens (tertiary/aromatic N) is 1. The minimum absolute atomic E-state index is 0.0277. The summed E-state index contributed by atoms with van der Waals surface area (Å²) in [6.07, 6.45) is -6.25. The van der Waals surface area contributed by atoms with E-state index in [-0.39, 0.29) is 30.9 Å². The first-order valence-corrected chi connectivity index (χ1v) is 10.4. The summed E-state index contributed by atoms with van der Waals surface area (Å²) in [4.78, 5) is 27.3. The number of benzene rings is 2. The number of alkyl halides is 3. The van der Waals surface area contributed by atoms with E-state index in [0.717, 1.165) is 22.4 Å². The van der Waals surface area contributed by atoms with Gasteiger partial charge >= 0.3 is 6.18 Å². The van der Waals surface area contributed by atoms with Crippen molar-refractivity contribution < 1.29 is 27.9 Å². The Hall–Kier alpha value is -2.52. The highest BCUT2D eigenvalue weighted by Crippen LogP contribution is 2.35. The first kappa shape index (κ1) is 22.2. The molecule has 0 fully saturated rings. The van der Waals surface area contributed by atoms with Crippen molar-refractivity contribution >= 4 is 29.3 Å². The van der Waals surface area contributed by atoms with Crippen LogP contribution in [0.2, 0.25) is 0 Å². The quantitative estimate of drug-likeness (QED) is 0.720. The predicted octanol–water partition coefficient (Wildman–Crippen LogP) is 3.77. The molecule has 0 spiro atoms. The van der Waals surface area contributed by atoms with Gasteiger partial charge in [-0.05, 0) is 23.8 Å². The average Bonchev–Trinajstić information content (AvgIpc) is 2.74. The van der Waals surface area contributed by atoms with Gasteiger partial charge in [0, 0.05) is 36.6 Å². The molecule has 0 aromatic heterocycles. The Morgan fingerprint density at radius 3 is 2.57 bits per heavy atom. The number of halogens is 3. The molecule has 3 rings (SSSR count). The number of aliphatic hydroxyl groups is 1. The Labute approximate surface area is 176 Å². The van der Waals surface area contributed by atoms with Crippen molar-refractivity contribution in [2.24, 2.45) is 0 Å². The lowest BCUT2D eigenvalue weighted by Crippen LogP contribution is -2.36. The molecule has 0 saturated carbocycles. The lowest BCUT2D eigenvalue weighted by Gasteiger charge is -2.29. The largest absolute Gasteiger partial charge is 0.416 e. The summed E-state index contributed by atoms with van der Waals surface area (Å²) in [5.74, 6) is 0.0622. The van der Waals surface area contributed by atoms with Crippen molar-refractivity contribution in [3.63, 3.8) is 0 Å². The van der Waals surface area contributed by atoms with Crippen LogP contribution < -0.4 is 10.2 Å². The molecule has 0 bridgehead atoms. The van der Waals surface area contributed by atoms with E-state index in [1.165, 1.54) is 18.2 Å². The zero-order valence-electron chi connectivity index (χ0n) is 16.0. The van der Waals surface area contributed by atoms with E-state index in [0.29, 0.717) is 6.54 Å². The van der Waals surface area contributed by atoms with Crippen molar-refractivity contribution in [1.29, 1.82) is 0 Å². The summed E-state index contributed by atoms with van der Waals surface area (Å²) in [7, 11) is 0. The molecule has 2 aromatic carbocycles. The highest BCUT2D eigenvalue weighted by Gasteiger charge is 2.34. The van der Waals surface area contributed by atoms with Crippen LogP contribution in [0, 0.1) is 0 Å². The van der Waals surface area contributed by atoms with Crippen molar-refractivity contribution in [3.05, 3.63) is 59.7 Å². The smallest absolute Gasteiger partial charge is 0.387 e. The number of fused-ring (bicyclic) bond motifs is 1. The number of hydrogen-bond acceptors (Lipinski definition) is 4. The van der Waals surface area contributed by atoms with Gasteiger partial charge in [-0.1, -0.05) is 30.3 Å². The molecular formula is C21H21F3N2O3S. The summed E-state index contributed by atoms with van der Waals surface area (Å²) < 4.78 is 39.2. The number of hydrogen-bond donors (Lipinski definition) is 2. The second-order valence-electron chi connectivity index (χ2n) is 6.77. The minimum atomic E-state index is -4.60. The third-order valence-electron chi connectivity index (χ3n) is 4.71. The number of nitrogens with one attached hydrogen (secondary N) is 1. The molecule has 1 unspecified atom stereocenters. The van der Waals surface area contributed by atoms with E-state index in [4.69, 9.17) is 0 Å². The van der Waals surface area contributed by atoms with Gasteiger partial charge in [-0.25, -0.2) is 0 Å². The number of anilines is 1. The normalized spacial score (nSPS) is 14.7. The van der Waals surface area contributed by atoms with E-state index >= 15 is 0 Å². The van der Waals surface area contributed by atoms with Gasteiger partial charge in [0.15, 0.2) is 0 Å². The molecule has 1 aliphatic rings. The van der Waals surface area contributed by atoms with E-state index in [2.05, 4.69) is 5.32 Å². The Bertz CT molecular complexity index is 920. The number of rotatable bonds is 6. The highest BCUT2D eigenvalue weighted by atomic mass is 32.2. The summed E-state index contributed by atoms with van der Waals surface area (Å²) in [6, 6.07) is 12.2. The second-order valence-corrected chi connectivity index (χ2v) is 7.90. The van der Waals surface area contributed by atoms with Crippen molar-refractivity contribution in [1.82, 2.24) is 5.32 Å². The lowest BCUT2D eigenvalue weighted by atomic mass is 10.0. The zero-order valence-corrected chi connectivity index (χ0v) is 16.8. The van der Waals surface area contributed by atoms with Gasteiger partial charge in [-0.2, -0.15) is 13.2 Å². The Kier molecular flexibility index (Phi) is 7.04. The number of aliphatic hydroxyl groups excluding tert-OH is 1. The standard InChI is InChI=1S/C21H21F3N2O3S/c22-21(23,24)15-6-2-1-5-14(15)17(27)13-25-19(28)9-10-20(29)26-11-12-30-18-8-4-3-7-16(18)26/h1-8,17,27H,9-13H2,(H,25,28). The molecule has 1 aliphatic heterocycles. The van der Waals surface area contributed by atoms with E-state index in [1.807, 2.05) is 24.3 Å². The van der Waals surface area contributed by atoms with Gasteiger partial charge in [0.05, 0.1) is 17.4 Å². The molecule has 2 amide bonds. The SMILES string of the molecule is O=C(CCC(=O)N1CCSc2ccccc21)NCC(O)c1ccccc1C(F)(F)F. The van der Waals surface area contributed by atoms with Crippen LogP contribution in [0.1, 0.15) is 30.1 Å². The van der Waals surface area contributed by atoms with Gasteiger partial charge in [-0.15, -0.1) is 11.8 Å². The zero-order chi connectivity index (χ0) is 21.7. The fourth-order valence-corrected chi connectivity index (χ4v) is 4.23. The molecule has 30 heavy (non-hydrogen) atoms. The molecule has 1 atom stereocenters. The Morgan fingerprint density at radius 2 is 1.80 bits per heavy atom. The summed E-state index contributed by atoms with van der Waals surface area (Å²) in [5.41, 5.74) is -0.425.